The van der Waals surface area contributed by atoms with Gasteiger partial charge in [-0.2, -0.15) is 0 Å². The van der Waals surface area contributed by atoms with Crippen LogP contribution in [0.2, 0.25) is 0 Å². The third-order valence-corrected chi connectivity index (χ3v) is 5.26. The van der Waals surface area contributed by atoms with Crippen molar-refractivity contribution in [3.63, 3.8) is 0 Å². The zero-order chi connectivity index (χ0) is 18.4. The molecule has 0 radical (unpaired) electrons. The first-order chi connectivity index (χ1) is 11.7. The normalized spacial score (nSPS) is 21.4. The maximum Gasteiger partial charge on any atom is 0.330 e. The second-order valence-electron chi connectivity index (χ2n) is 7.82. The van der Waals surface area contributed by atoms with E-state index in [2.05, 4.69) is 30.7 Å². The minimum absolute atomic E-state index is 0.0757. The zero-order valence-corrected chi connectivity index (χ0v) is 14.6. The Labute approximate surface area is 144 Å². The number of H-pyrrole nitrogens is 1. The average molecular weight is 346 g/mol. The molecule has 0 atom stereocenters. The summed E-state index contributed by atoms with van der Waals surface area (Å²) >= 11 is 0. The van der Waals surface area contributed by atoms with Gasteiger partial charge < -0.3 is 0 Å². The maximum atomic E-state index is 12.8. The molecule has 1 fully saturated rings. The van der Waals surface area contributed by atoms with Gasteiger partial charge in [0.1, 0.15) is 11.8 Å². The van der Waals surface area contributed by atoms with Crippen molar-refractivity contribution in [3.8, 4) is 0 Å². The fraction of sp³-hybridized carbons (Fsp3) is 0.588. The molecule has 0 bridgehead atoms. The summed E-state index contributed by atoms with van der Waals surface area (Å²) in [5.74, 6) is 0.557. The van der Waals surface area contributed by atoms with Crippen LogP contribution >= 0.6 is 0 Å². The predicted octanol–water partition coefficient (Wildman–Crippen LogP) is 2.77. The number of aromatic amines is 1. The molecule has 0 aliphatic heterocycles. The molecule has 0 aromatic carbocycles. The van der Waals surface area contributed by atoms with Crippen molar-refractivity contribution in [1.29, 1.82) is 0 Å². The molecule has 0 unspecified atom stereocenters. The van der Waals surface area contributed by atoms with Gasteiger partial charge in [-0.3, -0.25) is 24.5 Å². The number of nitrogens with zero attached hydrogens (tertiary/aromatic N) is 3. The third kappa shape index (κ3) is 3.20. The highest BCUT2D eigenvalue weighted by Crippen LogP contribution is 2.40. The molecule has 0 amide bonds. The zero-order valence-electron chi connectivity index (χ0n) is 14.6. The van der Waals surface area contributed by atoms with Crippen LogP contribution in [0.5, 0.6) is 0 Å². The molecule has 1 N–H and O–H groups in total. The molecule has 2 aromatic rings. The second-order valence-corrected chi connectivity index (χ2v) is 7.82. The van der Waals surface area contributed by atoms with Crippen LogP contribution in [-0.4, -0.2) is 19.5 Å². The van der Waals surface area contributed by atoms with E-state index in [1.54, 1.807) is 0 Å². The van der Waals surface area contributed by atoms with Crippen LogP contribution in [0.1, 0.15) is 52.5 Å². The highest BCUT2D eigenvalue weighted by Gasteiger charge is 2.31. The number of aromatic nitrogens is 3. The van der Waals surface area contributed by atoms with Gasteiger partial charge in [0.05, 0.1) is 10.3 Å². The van der Waals surface area contributed by atoms with Crippen molar-refractivity contribution < 1.29 is 4.92 Å². The number of pyridine rings is 1. The SMILES string of the molecule is CC(C)(C)[C@H]1CC[C@H](n2c(=O)[nH]c3ncc([N+](=O)[O-])cc3c2=O)CC1. The lowest BCUT2D eigenvalue weighted by Crippen LogP contribution is -2.40. The van der Waals surface area contributed by atoms with Crippen molar-refractivity contribution in [2.24, 2.45) is 11.3 Å². The van der Waals surface area contributed by atoms with Gasteiger partial charge in [-0.05, 0) is 37.0 Å². The van der Waals surface area contributed by atoms with Crippen LogP contribution < -0.4 is 11.2 Å². The Hall–Kier alpha value is -2.51. The molecular formula is C17H22N4O4. The molecule has 0 saturated heterocycles. The topological polar surface area (TPSA) is 111 Å². The molecule has 1 aliphatic rings. The summed E-state index contributed by atoms with van der Waals surface area (Å²) in [4.78, 5) is 41.9. The lowest BCUT2D eigenvalue weighted by Gasteiger charge is -2.37. The van der Waals surface area contributed by atoms with Gasteiger partial charge in [0, 0.05) is 12.1 Å². The van der Waals surface area contributed by atoms with E-state index in [4.69, 9.17) is 0 Å². The van der Waals surface area contributed by atoms with E-state index in [1.807, 2.05) is 0 Å². The van der Waals surface area contributed by atoms with E-state index in [9.17, 15) is 19.7 Å². The molecule has 134 valence electrons. The summed E-state index contributed by atoms with van der Waals surface area (Å²) in [7, 11) is 0. The first-order valence-corrected chi connectivity index (χ1v) is 8.47. The van der Waals surface area contributed by atoms with Crippen LogP contribution in [0.15, 0.2) is 21.9 Å². The molecule has 8 heteroatoms. The molecule has 25 heavy (non-hydrogen) atoms. The monoisotopic (exact) mass is 346 g/mol. The predicted molar refractivity (Wildman–Crippen MR) is 93.7 cm³/mol. The molecule has 2 heterocycles. The molecular weight excluding hydrogens is 324 g/mol. The summed E-state index contributed by atoms with van der Waals surface area (Å²) in [6.07, 6.45) is 4.44. The van der Waals surface area contributed by atoms with Crippen molar-refractivity contribution in [1.82, 2.24) is 14.5 Å². The van der Waals surface area contributed by atoms with Gasteiger partial charge in [0.25, 0.3) is 11.2 Å². The number of nitro groups is 1. The summed E-state index contributed by atoms with van der Waals surface area (Å²) in [5.41, 5.74) is -0.983. The van der Waals surface area contributed by atoms with Crippen LogP contribution in [0.4, 0.5) is 5.69 Å². The average Bonchev–Trinajstić information content (AvgIpc) is 2.54. The number of rotatable bonds is 2. The van der Waals surface area contributed by atoms with E-state index in [1.165, 1.54) is 10.6 Å². The molecule has 1 aliphatic carbocycles. The van der Waals surface area contributed by atoms with Crippen molar-refractivity contribution in [3.05, 3.63) is 43.2 Å². The van der Waals surface area contributed by atoms with Gasteiger partial charge in [-0.1, -0.05) is 20.8 Å². The van der Waals surface area contributed by atoms with E-state index in [-0.39, 0.29) is 28.2 Å². The highest BCUT2D eigenvalue weighted by molar-refractivity contribution is 5.75. The smallest absolute Gasteiger partial charge is 0.291 e. The summed E-state index contributed by atoms with van der Waals surface area (Å²) in [5, 5.41) is 11.0. The Morgan fingerprint density at radius 1 is 1.24 bits per heavy atom. The van der Waals surface area contributed by atoms with Crippen LogP contribution in [0.3, 0.4) is 0 Å². The third-order valence-electron chi connectivity index (χ3n) is 5.26. The fourth-order valence-electron chi connectivity index (χ4n) is 3.73. The van der Waals surface area contributed by atoms with Gasteiger partial charge in [0.2, 0.25) is 0 Å². The minimum Gasteiger partial charge on any atom is -0.291 e. The van der Waals surface area contributed by atoms with Gasteiger partial charge in [-0.25, -0.2) is 9.78 Å². The lowest BCUT2D eigenvalue weighted by atomic mass is 9.71. The Morgan fingerprint density at radius 2 is 1.88 bits per heavy atom. The van der Waals surface area contributed by atoms with E-state index >= 15 is 0 Å². The number of hydrogen-bond acceptors (Lipinski definition) is 5. The lowest BCUT2D eigenvalue weighted by molar-refractivity contribution is -0.385. The first kappa shape index (κ1) is 17.3. The van der Waals surface area contributed by atoms with Crippen LogP contribution in [0, 0.1) is 21.4 Å². The molecule has 0 spiro atoms. The van der Waals surface area contributed by atoms with Crippen LogP contribution in [-0.2, 0) is 0 Å². The summed E-state index contributed by atoms with van der Waals surface area (Å²) in [6.45, 7) is 6.62. The van der Waals surface area contributed by atoms with Crippen LogP contribution in [0.25, 0.3) is 11.0 Å². The van der Waals surface area contributed by atoms with Gasteiger partial charge in [-0.15, -0.1) is 0 Å². The maximum absolute atomic E-state index is 12.8. The summed E-state index contributed by atoms with van der Waals surface area (Å²) in [6, 6.07) is 0.997. The van der Waals surface area contributed by atoms with Gasteiger partial charge in [0.15, 0.2) is 0 Å². The standard InChI is InChI=1S/C17H22N4O4/c1-17(2,3)10-4-6-11(7-5-10)20-15(22)13-8-12(21(24)25)9-18-14(13)19-16(20)23/h8-11H,4-7H2,1-3H3,(H,18,19,23)/t10-,11-. The van der Waals surface area contributed by atoms with Crippen molar-refractivity contribution in [2.45, 2.75) is 52.5 Å². The number of fused-ring (bicyclic) bond motifs is 1. The highest BCUT2D eigenvalue weighted by atomic mass is 16.6. The number of nitrogens with one attached hydrogen (secondary N) is 1. The Morgan fingerprint density at radius 3 is 2.44 bits per heavy atom. The quantitative estimate of drug-likeness (QED) is 0.664. The summed E-state index contributed by atoms with van der Waals surface area (Å²) < 4.78 is 1.21. The van der Waals surface area contributed by atoms with E-state index < -0.39 is 16.2 Å². The fourth-order valence-corrected chi connectivity index (χ4v) is 3.73. The van der Waals surface area contributed by atoms with Crippen molar-refractivity contribution in [2.75, 3.05) is 0 Å². The Kier molecular flexibility index (Phi) is 4.22. The van der Waals surface area contributed by atoms with Crippen molar-refractivity contribution >= 4 is 16.7 Å². The molecule has 3 rings (SSSR count). The molecule has 2 aromatic heterocycles. The molecule has 8 nitrogen and oxygen atoms in total. The Bertz CT molecular complexity index is 930. The largest absolute Gasteiger partial charge is 0.330 e. The van der Waals surface area contributed by atoms with Gasteiger partial charge >= 0.3 is 5.69 Å². The molecule has 1 saturated carbocycles. The second kappa shape index (κ2) is 6.09. The number of hydrogen-bond donors (Lipinski definition) is 1. The minimum atomic E-state index is -0.601. The Balaban J connectivity index is 2.01. The van der Waals surface area contributed by atoms with E-state index in [0.717, 1.165) is 31.9 Å². The van der Waals surface area contributed by atoms with E-state index in [0.29, 0.717) is 5.92 Å². The first-order valence-electron chi connectivity index (χ1n) is 8.47.